The number of nitrogens with one attached hydrogen (secondary N) is 2. The molecule has 1 aliphatic rings. The molecule has 2 aromatic rings. The van der Waals surface area contributed by atoms with Crippen LogP contribution in [0.1, 0.15) is 87.3 Å². The van der Waals surface area contributed by atoms with Gasteiger partial charge < -0.3 is 15.4 Å². The van der Waals surface area contributed by atoms with Gasteiger partial charge in [0.1, 0.15) is 22.6 Å². The van der Waals surface area contributed by atoms with Crippen LogP contribution in [0.25, 0.3) is 11.0 Å². The number of imidazole rings is 1. The first-order chi connectivity index (χ1) is 12.6. The Bertz CT molecular complexity index is 747. The number of aromatic amines is 1. The molecule has 0 spiro atoms. The molecule has 5 heteroatoms. The topological polar surface area (TPSA) is 78.0 Å². The summed E-state index contributed by atoms with van der Waals surface area (Å²) >= 11 is 0. The summed E-state index contributed by atoms with van der Waals surface area (Å²) in [4.78, 5) is 20.6. The van der Waals surface area contributed by atoms with Crippen LogP contribution in [-0.4, -0.2) is 27.5 Å². The Morgan fingerprint density at radius 3 is 2.85 bits per heavy atom. The van der Waals surface area contributed by atoms with Crippen molar-refractivity contribution in [3.8, 4) is 5.75 Å². The minimum absolute atomic E-state index is 0.109. The van der Waals surface area contributed by atoms with Crippen molar-refractivity contribution in [3.05, 3.63) is 23.5 Å². The molecule has 1 aliphatic carbocycles. The van der Waals surface area contributed by atoms with Crippen LogP contribution in [0.2, 0.25) is 0 Å². The third-order valence-corrected chi connectivity index (χ3v) is 5.54. The van der Waals surface area contributed by atoms with Crippen molar-refractivity contribution in [3.63, 3.8) is 0 Å². The van der Waals surface area contributed by atoms with E-state index in [0.29, 0.717) is 35.0 Å². The molecule has 1 atom stereocenters. The number of carbonyl (C=O) groups is 1. The van der Waals surface area contributed by atoms with Crippen LogP contribution >= 0.6 is 0 Å². The maximum absolute atomic E-state index is 12.7. The molecule has 1 heterocycles. The molecule has 5 nitrogen and oxygen atoms in total. The van der Waals surface area contributed by atoms with Gasteiger partial charge in [-0.25, -0.2) is 4.98 Å². The molecule has 1 aromatic heterocycles. The lowest BCUT2D eigenvalue weighted by Crippen LogP contribution is -2.28. The molecule has 0 saturated heterocycles. The first-order valence-electron chi connectivity index (χ1n) is 10.1. The van der Waals surface area contributed by atoms with Crippen LogP contribution in [0.4, 0.5) is 0 Å². The highest BCUT2D eigenvalue weighted by Gasteiger charge is 2.23. The van der Waals surface area contributed by atoms with Crippen LogP contribution in [0.15, 0.2) is 12.1 Å². The number of amides is 1. The van der Waals surface area contributed by atoms with Crippen molar-refractivity contribution in [1.29, 1.82) is 0 Å². The summed E-state index contributed by atoms with van der Waals surface area (Å²) in [6.45, 7) is 5.05. The molecule has 3 N–H and O–H groups in total. The van der Waals surface area contributed by atoms with E-state index in [2.05, 4.69) is 29.1 Å². The van der Waals surface area contributed by atoms with Crippen molar-refractivity contribution in [1.82, 2.24) is 15.3 Å². The zero-order chi connectivity index (χ0) is 18.5. The smallest absolute Gasteiger partial charge is 0.253 e. The molecule has 1 unspecified atom stereocenters. The van der Waals surface area contributed by atoms with Gasteiger partial charge in [0.05, 0.1) is 5.56 Å². The molecule has 142 valence electrons. The molecule has 0 aliphatic heterocycles. The van der Waals surface area contributed by atoms with Crippen molar-refractivity contribution in [2.24, 2.45) is 5.92 Å². The molecular formula is C21H31N3O2. The van der Waals surface area contributed by atoms with E-state index in [4.69, 9.17) is 0 Å². The number of benzene rings is 1. The predicted molar refractivity (Wildman–Crippen MR) is 105 cm³/mol. The first kappa shape index (κ1) is 18.7. The fraction of sp³-hybridized carbons (Fsp3) is 0.619. The normalized spacial score (nSPS) is 16.2. The van der Waals surface area contributed by atoms with Crippen molar-refractivity contribution >= 4 is 16.9 Å². The summed E-state index contributed by atoms with van der Waals surface area (Å²) in [6.07, 6.45) is 9.48. The third kappa shape index (κ3) is 4.19. The molecule has 1 saturated carbocycles. The van der Waals surface area contributed by atoms with Crippen molar-refractivity contribution < 1.29 is 9.90 Å². The number of hydrogen-bond acceptors (Lipinski definition) is 3. The van der Waals surface area contributed by atoms with Crippen LogP contribution in [0, 0.1) is 5.92 Å². The van der Waals surface area contributed by atoms with Gasteiger partial charge in [0, 0.05) is 12.5 Å². The summed E-state index contributed by atoms with van der Waals surface area (Å²) in [5.74, 6) is 1.83. The van der Waals surface area contributed by atoms with Gasteiger partial charge in [-0.15, -0.1) is 0 Å². The second kappa shape index (κ2) is 8.56. The SMILES string of the molecule is CCCCCC(C)CNC(=O)c1ccc(O)c2[nH]c(C3CCCC3)nc12. The number of unbranched alkanes of at least 4 members (excludes halogenated alkanes) is 2. The zero-order valence-corrected chi connectivity index (χ0v) is 16.0. The Balaban J connectivity index is 1.72. The maximum Gasteiger partial charge on any atom is 0.253 e. The number of H-pyrrole nitrogens is 1. The van der Waals surface area contributed by atoms with E-state index in [1.807, 2.05) is 0 Å². The standard InChI is InChI=1S/C21H31N3O2/c1-3-4-5-8-14(2)13-22-21(26)16-11-12-17(25)19-18(16)23-20(24-19)15-9-6-7-10-15/h11-12,14-15,25H,3-10,13H2,1-2H3,(H,22,26)(H,23,24). The van der Waals surface area contributed by atoms with Gasteiger partial charge in [0.2, 0.25) is 0 Å². The average molecular weight is 357 g/mol. The van der Waals surface area contributed by atoms with E-state index in [1.165, 1.54) is 32.1 Å². The third-order valence-electron chi connectivity index (χ3n) is 5.54. The number of hydrogen-bond donors (Lipinski definition) is 3. The van der Waals surface area contributed by atoms with Crippen LogP contribution < -0.4 is 5.32 Å². The predicted octanol–water partition coefficient (Wildman–Crippen LogP) is 4.87. The van der Waals surface area contributed by atoms with Gasteiger partial charge in [0.15, 0.2) is 0 Å². The molecule has 1 aromatic carbocycles. The Labute approximate surface area is 155 Å². The van der Waals surface area contributed by atoms with E-state index >= 15 is 0 Å². The summed E-state index contributed by atoms with van der Waals surface area (Å²) in [7, 11) is 0. The monoisotopic (exact) mass is 357 g/mol. The summed E-state index contributed by atoms with van der Waals surface area (Å²) in [5.41, 5.74) is 1.71. The number of carbonyl (C=O) groups excluding carboxylic acids is 1. The lowest BCUT2D eigenvalue weighted by atomic mass is 10.0. The Morgan fingerprint density at radius 1 is 1.35 bits per heavy atom. The quantitative estimate of drug-likeness (QED) is 0.590. The van der Waals surface area contributed by atoms with Gasteiger partial charge >= 0.3 is 0 Å². The number of phenolic OH excluding ortho intramolecular Hbond substituents is 1. The Hall–Kier alpha value is -2.04. The summed E-state index contributed by atoms with van der Waals surface area (Å²) in [6, 6.07) is 3.26. The Morgan fingerprint density at radius 2 is 2.12 bits per heavy atom. The number of aromatic nitrogens is 2. The van der Waals surface area contributed by atoms with Crippen molar-refractivity contribution in [2.75, 3.05) is 6.54 Å². The van der Waals surface area contributed by atoms with Crippen LogP contribution in [-0.2, 0) is 0 Å². The van der Waals surface area contributed by atoms with Crippen LogP contribution in [0.3, 0.4) is 0 Å². The van der Waals surface area contributed by atoms with Gasteiger partial charge in [-0.1, -0.05) is 46.0 Å². The highest BCUT2D eigenvalue weighted by atomic mass is 16.3. The Kier molecular flexibility index (Phi) is 6.17. The number of aromatic hydroxyl groups is 1. The average Bonchev–Trinajstić information content (AvgIpc) is 3.30. The fourth-order valence-electron chi connectivity index (χ4n) is 3.88. The highest BCUT2D eigenvalue weighted by molar-refractivity contribution is 6.06. The molecule has 0 bridgehead atoms. The van der Waals surface area contributed by atoms with Crippen LogP contribution in [0.5, 0.6) is 5.75 Å². The van der Waals surface area contributed by atoms with Gasteiger partial charge in [-0.05, 0) is 37.3 Å². The molecule has 26 heavy (non-hydrogen) atoms. The van der Waals surface area contributed by atoms with E-state index in [0.717, 1.165) is 25.1 Å². The minimum atomic E-state index is -0.109. The molecule has 1 fully saturated rings. The van der Waals surface area contributed by atoms with E-state index in [1.54, 1.807) is 12.1 Å². The van der Waals surface area contributed by atoms with Gasteiger partial charge in [-0.3, -0.25) is 4.79 Å². The fourth-order valence-corrected chi connectivity index (χ4v) is 3.88. The summed E-state index contributed by atoms with van der Waals surface area (Å²) in [5, 5.41) is 13.2. The maximum atomic E-state index is 12.7. The second-order valence-corrected chi connectivity index (χ2v) is 7.77. The van der Waals surface area contributed by atoms with E-state index in [-0.39, 0.29) is 11.7 Å². The largest absolute Gasteiger partial charge is 0.506 e. The van der Waals surface area contributed by atoms with E-state index in [9.17, 15) is 9.90 Å². The van der Waals surface area contributed by atoms with E-state index < -0.39 is 0 Å². The zero-order valence-electron chi connectivity index (χ0n) is 16.0. The molecular weight excluding hydrogens is 326 g/mol. The summed E-state index contributed by atoms with van der Waals surface area (Å²) < 4.78 is 0. The minimum Gasteiger partial charge on any atom is -0.506 e. The molecule has 0 radical (unpaired) electrons. The number of phenols is 1. The first-order valence-corrected chi connectivity index (χ1v) is 10.1. The number of fused-ring (bicyclic) bond motifs is 1. The van der Waals surface area contributed by atoms with Crippen molar-refractivity contribution in [2.45, 2.75) is 71.1 Å². The number of nitrogens with zero attached hydrogens (tertiary/aromatic N) is 1. The lowest BCUT2D eigenvalue weighted by Gasteiger charge is -2.12. The van der Waals surface area contributed by atoms with Gasteiger partial charge in [-0.2, -0.15) is 0 Å². The lowest BCUT2D eigenvalue weighted by molar-refractivity contribution is 0.0949. The highest BCUT2D eigenvalue weighted by Crippen LogP contribution is 2.35. The second-order valence-electron chi connectivity index (χ2n) is 7.77. The number of rotatable bonds is 8. The van der Waals surface area contributed by atoms with Gasteiger partial charge in [0.25, 0.3) is 5.91 Å². The molecule has 1 amide bonds. The molecule has 3 rings (SSSR count).